The van der Waals surface area contributed by atoms with E-state index in [1.165, 1.54) is 17.3 Å². The van der Waals surface area contributed by atoms with Gasteiger partial charge < -0.3 is 10.1 Å². The van der Waals surface area contributed by atoms with Crippen LogP contribution in [-0.2, 0) is 11.0 Å². The van der Waals surface area contributed by atoms with Crippen molar-refractivity contribution in [2.24, 2.45) is 0 Å². The van der Waals surface area contributed by atoms with Crippen molar-refractivity contribution in [1.29, 1.82) is 0 Å². The lowest BCUT2D eigenvalue weighted by Crippen LogP contribution is -2.43. The van der Waals surface area contributed by atoms with Gasteiger partial charge in [-0.25, -0.2) is 14.8 Å². The molecule has 0 radical (unpaired) electrons. The lowest BCUT2D eigenvalue weighted by molar-refractivity contribution is -0.140. The zero-order chi connectivity index (χ0) is 16.0. The third-order valence-electron chi connectivity index (χ3n) is 2.92. The van der Waals surface area contributed by atoms with Crippen molar-refractivity contribution >= 4 is 6.03 Å². The average Bonchev–Trinajstić information content (AvgIpc) is 2.51. The number of aromatic nitrogens is 1. The smallest absolute Gasteiger partial charge is 0.421 e. The van der Waals surface area contributed by atoms with E-state index in [0.717, 1.165) is 18.9 Å². The maximum Gasteiger partial charge on any atom is 0.421 e. The zero-order valence-electron chi connectivity index (χ0n) is 11.7. The van der Waals surface area contributed by atoms with Crippen LogP contribution in [0.1, 0.15) is 18.4 Å². The highest BCUT2D eigenvalue weighted by molar-refractivity contribution is 5.73. The van der Waals surface area contributed by atoms with Gasteiger partial charge >= 0.3 is 12.2 Å². The molecule has 0 bridgehead atoms. The Hall–Kier alpha value is -2.03. The van der Waals surface area contributed by atoms with Gasteiger partial charge in [0, 0.05) is 6.20 Å². The third-order valence-corrected chi connectivity index (χ3v) is 2.92. The Kier molecular flexibility index (Phi) is 5.42. The second-order valence-corrected chi connectivity index (χ2v) is 4.58. The van der Waals surface area contributed by atoms with Crippen LogP contribution in [0.5, 0.6) is 5.88 Å². The molecule has 2 heterocycles. The summed E-state index contributed by atoms with van der Waals surface area (Å²) in [6.07, 6.45) is -1.57. The Morgan fingerprint density at radius 3 is 2.95 bits per heavy atom. The fourth-order valence-electron chi connectivity index (χ4n) is 1.87. The van der Waals surface area contributed by atoms with Crippen molar-refractivity contribution in [2.45, 2.75) is 19.0 Å². The van der Waals surface area contributed by atoms with Gasteiger partial charge in [-0.05, 0) is 25.0 Å². The Morgan fingerprint density at radius 2 is 2.27 bits per heavy atom. The van der Waals surface area contributed by atoms with Gasteiger partial charge in [-0.1, -0.05) is 0 Å². The topological polar surface area (TPSA) is 63.7 Å². The van der Waals surface area contributed by atoms with Crippen LogP contribution in [0, 0.1) is 0 Å². The first-order valence-corrected chi connectivity index (χ1v) is 6.82. The number of carbonyl (C=O) groups excluding carboxylic acids is 1. The minimum Gasteiger partial charge on any atom is -0.475 e. The summed E-state index contributed by atoms with van der Waals surface area (Å²) in [5.41, 5.74) is -0.944. The van der Waals surface area contributed by atoms with Crippen molar-refractivity contribution in [3.8, 4) is 5.88 Å². The SMILES string of the molecule is O=C(NCCOc1ncccc1C(F)(F)F)N1CCCCO1. The lowest BCUT2D eigenvalue weighted by Gasteiger charge is -2.25. The number of nitrogens with zero attached hydrogens (tertiary/aromatic N) is 2. The predicted octanol–water partition coefficient (Wildman–Crippen LogP) is 2.22. The van der Waals surface area contributed by atoms with Crippen LogP contribution in [0.3, 0.4) is 0 Å². The van der Waals surface area contributed by atoms with Crippen LogP contribution in [-0.4, -0.2) is 42.4 Å². The van der Waals surface area contributed by atoms with E-state index in [1.54, 1.807) is 0 Å². The first-order valence-electron chi connectivity index (χ1n) is 6.82. The van der Waals surface area contributed by atoms with Crippen molar-refractivity contribution in [3.05, 3.63) is 23.9 Å². The molecule has 0 aromatic carbocycles. The number of halogens is 3. The van der Waals surface area contributed by atoms with E-state index >= 15 is 0 Å². The van der Waals surface area contributed by atoms with Gasteiger partial charge in [0.15, 0.2) is 0 Å². The molecule has 1 fully saturated rings. The number of nitrogens with one attached hydrogen (secondary N) is 1. The summed E-state index contributed by atoms with van der Waals surface area (Å²) in [4.78, 5) is 20.4. The summed E-state index contributed by atoms with van der Waals surface area (Å²) in [5, 5.41) is 3.71. The van der Waals surface area contributed by atoms with Crippen molar-refractivity contribution in [1.82, 2.24) is 15.4 Å². The van der Waals surface area contributed by atoms with Crippen LogP contribution in [0.25, 0.3) is 0 Å². The van der Waals surface area contributed by atoms with Gasteiger partial charge in [0.1, 0.15) is 12.2 Å². The summed E-state index contributed by atoms with van der Waals surface area (Å²) >= 11 is 0. The predicted molar refractivity (Wildman–Crippen MR) is 70.0 cm³/mol. The van der Waals surface area contributed by atoms with Crippen molar-refractivity contribution in [3.63, 3.8) is 0 Å². The molecule has 0 spiro atoms. The van der Waals surface area contributed by atoms with E-state index in [4.69, 9.17) is 9.57 Å². The molecule has 0 unspecified atom stereocenters. The molecule has 0 aliphatic carbocycles. The third kappa shape index (κ3) is 4.48. The molecule has 0 saturated carbocycles. The molecule has 6 nitrogen and oxygen atoms in total. The van der Waals surface area contributed by atoms with Crippen molar-refractivity contribution < 1.29 is 27.5 Å². The first kappa shape index (κ1) is 16.3. The molecule has 1 aliphatic rings. The van der Waals surface area contributed by atoms with Gasteiger partial charge in [0.05, 0.1) is 19.7 Å². The van der Waals surface area contributed by atoms with Crippen LogP contribution >= 0.6 is 0 Å². The number of amides is 2. The summed E-state index contributed by atoms with van der Waals surface area (Å²) < 4.78 is 43.1. The number of urea groups is 1. The summed E-state index contributed by atoms with van der Waals surface area (Å²) in [7, 11) is 0. The Labute approximate surface area is 125 Å². The molecule has 1 N–H and O–H groups in total. The number of alkyl halides is 3. The second kappa shape index (κ2) is 7.30. The molecule has 2 rings (SSSR count). The number of hydrogen-bond donors (Lipinski definition) is 1. The zero-order valence-corrected chi connectivity index (χ0v) is 11.7. The number of rotatable bonds is 4. The molecule has 1 aromatic rings. The summed E-state index contributed by atoms with van der Waals surface area (Å²) in [5.74, 6) is -0.501. The highest BCUT2D eigenvalue weighted by Gasteiger charge is 2.35. The highest BCUT2D eigenvalue weighted by Crippen LogP contribution is 2.34. The Balaban J connectivity index is 1.78. The summed E-state index contributed by atoms with van der Waals surface area (Å²) in [6, 6.07) is 1.65. The second-order valence-electron chi connectivity index (χ2n) is 4.58. The fourth-order valence-corrected chi connectivity index (χ4v) is 1.87. The molecule has 0 atom stereocenters. The maximum atomic E-state index is 12.7. The van der Waals surface area contributed by atoms with Crippen LogP contribution < -0.4 is 10.1 Å². The highest BCUT2D eigenvalue weighted by atomic mass is 19.4. The first-order chi connectivity index (χ1) is 10.5. The minimum atomic E-state index is -4.53. The molecule has 1 aliphatic heterocycles. The largest absolute Gasteiger partial charge is 0.475 e. The van der Waals surface area contributed by atoms with Crippen LogP contribution in [0.2, 0.25) is 0 Å². The van der Waals surface area contributed by atoms with E-state index in [0.29, 0.717) is 13.2 Å². The number of hydrogen-bond acceptors (Lipinski definition) is 4. The quantitative estimate of drug-likeness (QED) is 0.864. The number of pyridine rings is 1. The molecule has 122 valence electrons. The molecule has 1 saturated heterocycles. The van der Waals surface area contributed by atoms with Gasteiger partial charge in [-0.3, -0.25) is 4.84 Å². The molecule has 1 aromatic heterocycles. The van der Waals surface area contributed by atoms with Gasteiger partial charge in [-0.15, -0.1) is 0 Å². The monoisotopic (exact) mass is 319 g/mol. The normalized spacial score (nSPS) is 15.5. The van der Waals surface area contributed by atoms with E-state index in [1.807, 2.05) is 0 Å². The molecular formula is C13H16F3N3O3. The number of ether oxygens (including phenoxy) is 1. The molecule has 22 heavy (non-hydrogen) atoms. The molecular weight excluding hydrogens is 303 g/mol. The minimum absolute atomic E-state index is 0.0482. The van der Waals surface area contributed by atoms with Gasteiger partial charge in [-0.2, -0.15) is 13.2 Å². The van der Waals surface area contributed by atoms with E-state index in [2.05, 4.69) is 10.3 Å². The average molecular weight is 319 g/mol. The summed E-state index contributed by atoms with van der Waals surface area (Å²) in [6.45, 7) is 0.893. The van der Waals surface area contributed by atoms with Gasteiger partial charge in [0.25, 0.3) is 0 Å². The van der Waals surface area contributed by atoms with Crippen LogP contribution in [0.15, 0.2) is 18.3 Å². The Bertz CT molecular complexity index is 505. The van der Waals surface area contributed by atoms with Gasteiger partial charge in [0.2, 0.25) is 5.88 Å². The fraction of sp³-hybridized carbons (Fsp3) is 0.538. The van der Waals surface area contributed by atoms with E-state index in [-0.39, 0.29) is 13.2 Å². The number of carbonyl (C=O) groups is 1. The van der Waals surface area contributed by atoms with E-state index in [9.17, 15) is 18.0 Å². The molecule has 9 heteroatoms. The maximum absolute atomic E-state index is 12.7. The Morgan fingerprint density at radius 1 is 1.45 bits per heavy atom. The van der Waals surface area contributed by atoms with Crippen molar-refractivity contribution in [2.75, 3.05) is 26.3 Å². The van der Waals surface area contributed by atoms with E-state index < -0.39 is 23.7 Å². The number of hydroxylamine groups is 2. The molecule has 2 amide bonds. The lowest BCUT2D eigenvalue weighted by atomic mass is 10.2. The van der Waals surface area contributed by atoms with Crippen LogP contribution in [0.4, 0.5) is 18.0 Å². The standard InChI is InChI=1S/C13H16F3N3O3/c14-13(15,16)10-4-3-5-17-11(10)21-9-6-18-12(20)19-7-1-2-8-22-19/h3-5H,1-2,6-9H2,(H,18,20).